The molecule has 1 aromatic carbocycles. The molecule has 8 nitrogen and oxygen atoms in total. The van der Waals surface area contributed by atoms with E-state index in [1.54, 1.807) is 37.7 Å². The molecule has 0 spiro atoms. The van der Waals surface area contributed by atoms with E-state index >= 15 is 0 Å². The van der Waals surface area contributed by atoms with Crippen LogP contribution in [0.1, 0.15) is 72.4 Å². The third-order valence-electron chi connectivity index (χ3n) is 6.67. The molecule has 224 valence electrons. The highest BCUT2D eigenvalue weighted by atomic mass is 19.1. The minimum Gasteiger partial charge on any atom is -0.379 e. The number of nitrogens with two attached hydrogens (primary N) is 1. The summed E-state index contributed by atoms with van der Waals surface area (Å²) in [4.78, 5) is 35.1. The maximum absolute atomic E-state index is 14.5. The van der Waals surface area contributed by atoms with Crippen LogP contribution < -0.4 is 11.1 Å². The number of ether oxygens (including phenoxy) is 1. The molecule has 1 saturated carbocycles. The number of aromatic nitrogens is 1. The fourth-order valence-electron chi connectivity index (χ4n) is 4.37. The molecule has 9 heteroatoms. The molecule has 1 unspecified atom stereocenters. The van der Waals surface area contributed by atoms with E-state index in [0.29, 0.717) is 31.4 Å². The summed E-state index contributed by atoms with van der Waals surface area (Å²) in [5.74, 6) is -0.609. The molecule has 2 heterocycles. The zero-order valence-electron chi connectivity index (χ0n) is 25.4. The van der Waals surface area contributed by atoms with Crippen molar-refractivity contribution < 1.29 is 18.7 Å². The Kier molecular flexibility index (Phi) is 14.2. The summed E-state index contributed by atoms with van der Waals surface area (Å²) in [7, 11) is 1.60. The van der Waals surface area contributed by atoms with Gasteiger partial charge in [0.1, 0.15) is 5.82 Å². The van der Waals surface area contributed by atoms with Crippen molar-refractivity contribution in [2.24, 2.45) is 22.6 Å². The number of halogens is 1. The van der Waals surface area contributed by atoms with Gasteiger partial charge in [-0.25, -0.2) is 9.38 Å². The van der Waals surface area contributed by atoms with Crippen molar-refractivity contribution in [1.29, 1.82) is 0 Å². The second kappa shape index (κ2) is 16.5. The topological polar surface area (TPSA) is 110 Å². The molecule has 1 fully saturated rings. The maximum Gasteiger partial charge on any atom is 0.231 e. The molecule has 3 atom stereocenters. The average Bonchev–Trinajstić information content (AvgIpc) is 3.73. The summed E-state index contributed by atoms with van der Waals surface area (Å²) in [5, 5.41) is 3.01. The van der Waals surface area contributed by atoms with E-state index in [2.05, 4.69) is 28.1 Å². The molecule has 2 amide bonds. The van der Waals surface area contributed by atoms with Crippen molar-refractivity contribution >= 4 is 17.8 Å². The van der Waals surface area contributed by atoms with Crippen LogP contribution in [0.3, 0.4) is 0 Å². The molecule has 0 saturated heterocycles. The Hall–Kier alpha value is -3.77. The highest BCUT2D eigenvalue weighted by molar-refractivity contribution is 5.99. The smallest absolute Gasteiger partial charge is 0.231 e. The van der Waals surface area contributed by atoms with Crippen molar-refractivity contribution in [2.45, 2.75) is 78.0 Å². The van der Waals surface area contributed by atoms with Gasteiger partial charge in [0.25, 0.3) is 0 Å². The van der Waals surface area contributed by atoms with Crippen LogP contribution in [0, 0.1) is 30.5 Å². The van der Waals surface area contributed by atoms with Gasteiger partial charge in [-0.1, -0.05) is 38.1 Å². The van der Waals surface area contributed by atoms with Gasteiger partial charge in [0.05, 0.1) is 23.6 Å². The monoisotopic (exact) mass is 567 g/mol. The molecular weight excluding hydrogens is 521 g/mol. The number of guanidine groups is 1. The maximum atomic E-state index is 14.5. The second-order valence-corrected chi connectivity index (χ2v) is 10.8. The zero-order valence-corrected chi connectivity index (χ0v) is 25.4. The van der Waals surface area contributed by atoms with Gasteiger partial charge in [-0.3, -0.25) is 19.5 Å². The normalized spacial score (nSPS) is 19.4. The number of terminal acetylenes is 1. The lowest BCUT2D eigenvalue weighted by atomic mass is 9.93. The highest BCUT2D eigenvalue weighted by Gasteiger charge is 2.46. The second-order valence-electron chi connectivity index (χ2n) is 10.8. The first-order valence-corrected chi connectivity index (χ1v) is 13.9. The summed E-state index contributed by atoms with van der Waals surface area (Å²) < 4.78 is 20.0. The quantitative estimate of drug-likeness (QED) is 0.431. The largest absolute Gasteiger partial charge is 0.379 e. The van der Waals surface area contributed by atoms with Gasteiger partial charge in [0.15, 0.2) is 5.96 Å². The highest BCUT2D eigenvalue weighted by Crippen LogP contribution is 2.41. The molecule has 1 aliphatic heterocycles. The van der Waals surface area contributed by atoms with Crippen molar-refractivity contribution in [3.05, 3.63) is 66.2 Å². The Morgan fingerprint density at radius 3 is 2.29 bits per heavy atom. The Morgan fingerprint density at radius 1 is 1.20 bits per heavy atom. The van der Waals surface area contributed by atoms with Crippen LogP contribution in [-0.4, -0.2) is 52.5 Å². The van der Waals surface area contributed by atoms with E-state index in [1.807, 2.05) is 59.7 Å². The summed E-state index contributed by atoms with van der Waals surface area (Å²) >= 11 is 0. The molecule has 0 radical (unpaired) electrons. The van der Waals surface area contributed by atoms with E-state index in [4.69, 9.17) is 10.5 Å². The van der Waals surface area contributed by atoms with Crippen molar-refractivity contribution in [3.63, 3.8) is 0 Å². The Morgan fingerprint density at radius 2 is 1.80 bits per heavy atom. The third-order valence-corrected chi connectivity index (χ3v) is 6.67. The van der Waals surface area contributed by atoms with Gasteiger partial charge in [-0.2, -0.15) is 0 Å². The molecule has 41 heavy (non-hydrogen) atoms. The van der Waals surface area contributed by atoms with E-state index in [0.717, 1.165) is 0 Å². The number of methoxy groups -OCH3 is 1. The standard InChI is InChI=1S/C23H33FN4O3.C5H5N.C2H6.C2H2/c1-22(2)12-19(29)28(21(25)27-22)13-14-10-16(14)20(30)26-18(11-23(3,4)31-5)15-8-6-7-9-17(15)24;1-2-4-6-5-3-1;2*1-2/h6-9,14,16,18H,10-13H2,1-5H3,(H2,25,27)(H,26,30);1-5H;1-2H3;1-2H/t14-,16?,18+;;;/m1.../s1. The van der Waals surface area contributed by atoms with Gasteiger partial charge in [0, 0.05) is 44.0 Å². The summed E-state index contributed by atoms with van der Waals surface area (Å²) in [6.07, 6.45) is 12.9. The predicted molar refractivity (Wildman–Crippen MR) is 162 cm³/mol. The van der Waals surface area contributed by atoms with Crippen LogP contribution in [0.5, 0.6) is 0 Å². The van der Waals surface area contributed by atoms with E-state index in [-0.39, 0.29) is 35.4 Å². The molecule has 2 aliphatic rings. The molecule has 2 aromatic rings. The summed E-state index contributed by atoms with van der Waals surface area (Å²) in [6, 6.07) is 11.6. The average molecular weight is 568 g/mol. The fourth-order valence-corrected chi connectivity index (χ4v) is 4.37. The van der Waals surface area contributed by atoms with Crippen molar-refractivity contribution in [1.82, 2.24) is 15.2 Å². The number of aliphatic imine (C=N–C) groups is 1. The number of hydrogen-bond acceptors (Lipinski definition) is 6. The van der Waals surface area contributed by atoms with Gasteiger partial charge in [0.2, 0.25) is 11.8 Å². The molecular formula is C32H46FN5O3. The number of amides is 2. The molecule has 0 bridgehead atoms. The Balaban J connectivity index is 0.000000722. The number of nitrogens with zero attached hydrogens (tertiary/aromatic N) is 3. The zero-order chi connectivity index (χ0) is 31.2. The third kappa shape index (κ3) is 11.3. The van der Waals surface area contributed by atoms with Gasteiger partial charge >= 0.3 is 0 Å². The van der Waals surface area contributed by atoms with Crippen LogP contribution in [0.15, 0.2) is 59.9 Å². The Bertz CT molecular complexity index is 1120. The summed E-state index contributed by atoms with van der Waals surface area (Å²) in [5.41, 5.74) is 5.39. The molecule has 4 rings (SSSR count). The minimum absolute atomic E-state index is 0.00983. The first-order valence-electron chi connectivity index (χ1n) is 13.9. The van der Waals surface area contributed by atoms with Crippen LogP contribution in [0.2, 0.25) is 0 Å². The lowest BCUT2D eigenvalue weighted by Crippen LogP contribution is -2.50. The van der Waals surface area contributed by atoms with Crippen LogP contribution in [0.4, 0.5) is 4.39 Å². The first kappa shape index (κ1) is 35.3. The SMILES string of the molecule is C#C.CC.COC(C)(C)C[C@H](NC(=O)C1C[C@@H]1CN1C(=O)CC(C)(C)N=C1N)c1ccccc1F.c1ccncc1. The van der Waals surface area contributed by atoms with Crippen LogP contribution in [-0.2, 0) is 14.3 Å². The van der Waals surface area contributed by atoms with Crippen molar-refractivity contribution in [3.8, 4) is 12.8 Å². The Labute approximate surface area is 245 Å². The number of pyridine rings is 1. The van der Waals surface area contributed by atoms with Gasteiger partial charge in [-0.15, -0.1) is 12.8 Å². The van der Waals surface area contributed by atoms with Gasteiger partial charge in [-0.05, 0) is 58.2 Å². The fraction of sp³-hybridized carbons (Fsp3) is 0.500. The van der Waals surface area contributed by atoms with Crippen LogP contribution >= 0.6 is 0 Å². The van der Waals surface area contributed by atoms with E-state index in [9.17, 15) is 14.0 Å². The van der Waals surface area contributed by atoms with Gasteiger partial charge < -0.3 is 15.8 Å². The van der Waals surface area contributed by atoms with E-state index < -0.39 is 17.2 Å². The van der Waals surface area contributed by atoms with Crippen LogP contribution in [0.25, 0.3) is 0 Å². The number of carbonyl (C=O) groups excluding carboxylic acids is 2. The summed E-state index contributed by atoms with van der Waals surface area (Å²) in [6.45, 7) is 11.9. The number of benzene rings is 1. The molecule has 3 N–H and O–H groups in total. The first-order chi connectivity index (χ1) is 19.4. The number of rotatable bonds is 8. The lowest BCUT2D eigenvalue weighted by molar-refractivity contribution is -0.130. The predicted octanol–water partition coefficient (Wildman–Crippen LogP) is 5.12. The number of carbonyl (C=O) groups is 2. The molecule has 1 aromatic heterocycles. The van der Waals surface area contributed by atoms with Crippen molar-refractivity contribution in [2.75, 3.05) is 13.7 Å². The van der Waals surface area contributed by atoms with E-state index in [1.165, 1.54) is 11.0 Å². The molecule has 1 aliphatic carbocycles. The minimum atomic E-state index is -0.541. The number of nitrogens with one attached hydrogen (secondary N) is 1. The lowest BCUT2D eigenvalue weighted by Gasteiger charge is -2.33. The number of hydrogen-bond donors (Lipinski definition) is 2.